The van der Waals surface area contributed by atoms with Gasteiger partial charge in [-0.15, -0.1) is 0 Å². The van der Waals surface area contributed by atoms with Gasteiger partial charge < -0.3 is 95.0 Å². The van der Waals surface area contributed by atoms with E-state index in [1.54, 1.807) is 35.1 Å². The SMILES string of the molecule is Cc1ccn2cc(-c3cc4ccc(N5CC6CCC5CN6)cc4oc3=O)nc2c1.Cc1ccn2cc(-c3cc4ccc(N5CCNC6(CCC6)C5)cc4oc3=O)nc2c1.Cc1ccn2cc(-c3cc4ccc(N5CCNC6(CCCC6)C5)cc4oc3=O)nc2c1.Cc1cn2cc(-c3cc4c(F)cc(N5CCN[C@@H](C)C5)cc4oc3=O)nc2cn1.Cc1cn2cc(-c3cc4ccc(O[C@@H]5CCNC5)cc4oc3=O)nc2cn1. The standard InChI is InChI=1S/C25H26N4O2.C24H24N4O2.C23H22N4O2.C21H20FN5O2.C20H18N4O3/c1-17-6-10-28-15-21(27-23(28)12-17)20-13-18-4-5-19(14-22(18)31-24(20)30)29-11-9-26-25(16-29)7-2-3-8-25;1-16-5-9-27-14-20(26-22(27)11-16)19-12-17-3-4-18(13-21(17)30-23(19)29)28-10-8-25-24(15-28)6-2-7-24;1-14-6-7-26-13-20(25-22(26)8-14)19-9-15-2-4-17(10-21(15)29-23(19)28)27-12-16-3-5-18(27)11-24-16;1-12-9-26(4-3-23-12)14-5-17(22)15-7-16(21(28)29-19(15)6-14)18-11-27-10-13(2)24-8-20(27)25-18;1-12-10-24-11-17(23-19(24)9-22-12)16-6-13-2-3-14(7-18(13)27-20(16)25)26-15-4-5-21-8-15/h4-6,10,12-15,26H,2-3,7-9,11,16H2,1H3;3-5,9,11-14,25H,2,6-8,10,15H2,1H3;2,4,6-10,13,16,18,24H,3,5,11-12H2,1H3;5-8,10-12,23H,3-4,9H2,1-2H3;2-3,6-7,9-11,15,21H,4-5,8H2,1H3/t;;;12-;15-/m...01/s1. The highest BCUT2D eigenvalue weighted by Gasteiger charge is 2.42. The Labute approximate surface area is 835 Å². The van der Waals surface area contributed by atoms with E-state index in [0.717, 1.165) is 175 Å². The van der Waals surface area contributed by atoms with Crippen molar-refractivity contribution in [1.29, 1.82) is 0 Å². The molecule has 9 fully saturated rings. The smallest absolute Gasteiger partial charge is 0.345 e. The summed E-state index contributed by atoms with van der Waals surface area (Å²) in [5.41, 5.74) is 19.1. The predicted molar refractivity (Wildman–Crippen MR) is 565 cm³/mol. The number of nitrogens with zero attached hydrogens (tertiary/aromatic N) is 16. The second-order valence-corrected chi connectivity index (χ2v) is 40.4. The summed E-state index contributed by atoms with van der Waals surface area (Å²) in [5, 5.41) is 21.5. The topological polar surface area (TPSA) is 346 Å². The van der Waals surface area contributed by atoms with E-state index in [-0.39, 0.29) is 50.6 Å². The Bertz CT molecular complexity index is 8830. The van der Waals surface area contributed by atoms with Crippen LogP contribution in [0.25, 0.3) is 139 Å². The summed E-state index contributed by atoms with van der Waals surface area (Å²) in [7, 11) is 0. The molecule has 33 heteroatoms. The van der Waals surface area contributed by atoms with Crippen molar-refractivity contribution in [3.63, 3.8) is 0 Å². The lowest BCUT2D eigenvalue weighted by Crippen LogP contribution is -2.64. The van der Waals surface area contributed by atoms with Crippen LogP contribution in [0.1, 0.15) is 99.2 Å². The highest BCUT2D eigenvalue weighted by atomic mass is 19.1. The van der Waals surface area contributed by atoms with Crippen molar-refractivity contribution in [3.8, 4) is 62.0 Å². The lowest BCUT2D eigenvalue weighted by Gasteiger charge is -2.50. The first-order chi connectivity index (χ1) is 70.9. The summed E-state index contributed by atoms with van der Waals surface area (Å²) >= 11 is 0. The first-order valence-corrected chi connectivity index (χ1v) is 50.4. The number of ether oxygens (including phenoxy) is 1. The quantitative estimate of drug-likeness (QED) is 0.0751. The molecule has 5 aromatic carbocycles. The van der Waals surface area contributed by atoms with Crippen LogP contribution in [0.15, 0.2) is 272 Å². The minimum atomic E-state index is -0.546. The van der Waals surface area contributed by atoms with Crippen LogP contribution in [0.4, 0.5) is 27.1 Å². The van der Waals surface area contributed by atoms with Crippen molar-refractivity contribution >= 4 is 106 Å². The van der Waals surface area contributed by atoms with Gasteiger partial charge in [0.25, 0.3) is 0 Å². The van der Waals surface area contributed by atoms with Crippen LogP contribution in [0, 0.1) is 40.4 Å². The molecule has 7 saturated heterocycles. The molecular formula is C113H110FN21O11. The van der Waals surface area contributed by atoms with Crippen LogP contribution < -0.4 is 79.0 Å². The molecule has 2 bridgehead atoms. The Morgan fingerprint density at radius 2 is 0.822 bits per heavy atom. The van der Waals surface area contributed by atoms with Crippen molar-refractivity contribution in [3.05, 3.63) is 312 Å². The summed E-state index contributed by atoms with van der Waals surface area (Å²) in [6.07, 6.45) is 34.5. The van der Waals surface area contributed by atoms with Gasteiger partial charge in [-0.25, -0.2) is 53.3 Å². The number of imidazole rings is 5. The van der Waals surface area contributed by atoms with Crippen molar-refractivity contribution in [1.82, 2.24) is 83.5 Å². The van der Waals surface area contributed by atoms with Crippen LogP contribution in [0.5, 0.6) is 5.75 Å². The molecule has 5 N–H and O–H groups in total. The van der Waals surface area contributed by atoms with Crippen LogP contribution >= 0.6 is 0 Å². The fourth-order valence-electron chi connectivity index (χ4n) is 22.0. The molecule has 0 radical (unpaired) electrons. The van der Waals surface area contributed by atoms with Crippen molar-refractivity contribution < 1.29 is 31.2 Å². The molecule has 7 aliphatic heterocycles. The molecule has 20 aromatic rings. The Morgan fingerprint density at radius 1 is 0.390 bits per heavy atom. The second-order valence-electron chi connectivity index (χ2n) is 40.4. The number of halogens is 1. The second kappa shape index (κ2) is 38.1. The maximum atomic E-state index is 14.9. The molecule has 2 unspecified atom stereocenters. The average molecular weight is 1960 g/mol. The number of pyridine rings is 3. The predicted octanol–water partition coefficient (Wildman–Crippen LogP) is 16.5. The number of aromatic nitrogens is 12. The summed E-state index contributed by atoms with van der Waals surface area (Å²) in [4.78, 5) is 104. The third-order valence-electron chi connectivity index (χ3n) is 29.9. The van der Waals surface area contributed by atoms with Crippen LogP contribution in [-0.2, 0) is 0 Å². The lowest BCUT2D eigenvalue weighted by molar-refractivity contribution is 0.173. The van der Waals surface area contributed by atoms with Crippen molar-refractivity contribution in [2.24, 2.45) is 0 Å². The Hall–Kier alpha value is -15.8. The molecule has 146 heavy (non-hydrogen) atoms. The molecule has 2 saturated carbocycles. The van der Waals surface area contributed by atoms with Crippen molar-refractivity contribution in [2.45, 2.75) is 141 Å². The van der Waals surface area contributed by atoms with Gasteiger partial charge in [-0.3, -0.25) is 9.97 Å². The number of fused-ring (bicyclic) bond motifs is 13. The fourth-order valence-corrected chi connectivity index (χ4v) is 22.0. The van der Waals surface area contributed by atoms with E-state index in [9.17, 15) is 28.4 Å². The molecule has 9 aliphatic rings. The largest absolute Gasteiger partial charge is 0.489 e. The van der Waals surface area contributed by atoms with Gasteiger partial charge in [0.15, 0.2) is 11.3 Å². The zero-order chi connectivity index (χ0) is 99.3. The number of hydrogen-bond acceptors (Lipinski definition) is 27. The van der Waals surface area contributed by atoms with Crippen LogP contribution in [-0.4, -0.2) is 177 Å². The van der Waals surface area contributed by atoms with Gasteiger partial charge in [-0.2, -0.15) is 0 Å². The van der Waals surface area contributed by atoms with Crippen LogP contribution in [0.2, 0.25) is 0 Å². The highest BCUT2D eigenvalue weighted by Crippen LogP contribution is 2.41. The number of hydrogen-bond donors (Lipinski definition) is 5. The van der Waals surface area contributed by atoms with Gasteiger partial charge in [0.2, 0.25) is 0 Å². The number of rotatable bonds is 11. The number of piperazine rings is 4. The normalized spacial score (nSPS) is 18.5. The minimum Gasteiger partial charge on any atom is -0.489 e. The van der Waals surface area contributed by atoms with E-state index in [4.69, 9.17) is 26.8 Å². The Kier molecular flexibility index (Phi) is 24.1. The van der Waals surface area contributed by atoms with Gasteiger partial charge >= 0.3 is 28.1 Å². The monoisotopic (exact) mass is 1960 g/mol. The van der Waals surface area contributed by atoms with E-state index in [2.05, 4.69) is 112 Å². The average Bonchev–Trinajstić information content (AvgIpc) is 1.27. The third-order valence-corrected chi connectivity index (χ3v) is 29.9. The number of benzene rings is 5. The molecule has 32 nitrogen and oxygen atoms in total. The van der Waals surface area contributed by atoms with E-state index >= 15 is 0 Å². The zero-order valence-corrected chi connectivity index (χ0v) is 82.0. The van der Waals surface area contributed by atoms with Gasteiger partial charge in [-0.05, 0) is 237 Å². The summed E-state index contributed by atoms with van der Waals surface area (Å²) in [5.74, 6) is 0.288. The van der Waals surface area contributed by atoms with E-state index < -0.39 is 17.1 Å². The lowest BCUT2D eigenvalue weighted by atomic mass is 9.75. The molecule has 2 aliphatic carbocycles. The molecule has 22 heterocycles. The van der Waals surface area contributed by atoms with Gasteiger partial charge in [0, 0.05) is 244 Å². The maximum absolute atomic E-state index is 14.9. The first kappa shape index (κ1) is 92.6. The first-order valence-electron chi connectivity index (χ1n) is 50.4. The molecule has 740 valence electrons. The van der Waals surface area contributed by atoms with Gasteiger partial charge in [0.1, 0.15) is 62.5 Å². The third kappa shape index (κ3) is 18.7. The van der Waals surface area contributed by atoms with Gasteiger partial charge in [-0.1, -0.05) is 12.8 Å². The highest BCUT2D eigenvalue weighted by molar-refractivity contribution is 5.89. The summed E-state index contributed by atoms with van der Waals surface area (Å²) < 4.78 is 58.6. The minimum absolute atomic E-state index is 0.156. The van der Waals surface area contributed by atoms with E-state index in [0.29, 0.717) is 114 Å². The summed E-state index contributed by atoms with van der Waals surface area (Å²) in [6, 6.07) is 49.9. The Morgan fingerprint density at radius 3 is 1.27 bits per heavy atom. The summed E-state index contributed by atoms with van der Waals surface area (Å²) in [6.45, 7) is 24.1. The molecular weight excluding hydrogens is 1850 g/mol. The number of nitrogens with one attached hydrogen (secondary N) is 5. The maximum Gasteiger partial charge on any atom is 0.345 e. The molecule has 15 aromatic heterocycles. The molecule has 2 spiro atoms. The number of piperidine rings is 2. The Balaban J connectivity index is 0.0000000979. The van der Waals surface area contributed by atoms with E-state index in [1.165, 1.54) is 69.9 Å². The number of aryl methyl sites for hydroxylation is 5. The molecule has 4 atom stereocenters. The van der Waals surface area contributed by atoms with Crippen molar-refractivity contribution in [2.75, 3.05) is 105 Å². The van der Waals surface area contributed by atoms with Gasteiger partial charge in [0.05, 0.1) is 85.5 Å². The van der Waals surface area contributed by atoms with E-state index in [1.807, 2.05) is 211 Å². The zero-order valence-electron chi connectivity index (χ0n) is 82.0. The molecule has 0 amide bonds. The fraction of sp³-hybridized carbons (Fsp3) is 0.310. The molecule has 29 rings (SSSR count). The number of anilines is 4. The van der Waals surface area contributed by atoms with Crippen LogP contribution in [0.3, 0.4) is 0 Å².